The molecule has 5 nitrogen and oxygen atoms in total. The predicted octanol–water partition coefficient (Wildman–Crippen LogP) is 2.92. The van der Waals surface area contributed by atoms with Crippen molar-refractivity contribution in [3.05, 3.63) is 29.8 Å². The largest absolute Gasteiger partial charge is 0.336 e. The number of nitrogens with zero attached hydrogens (tertiary/aromatic N) is 1. The van der Waals surface area contributed by atoms with Crippen LogP contribution in [0, 0.1) is 5.92 Å². The predicted molar refractivity (Wildman–Crippen MR) is 99.8 cm³/mol. The van der Waals surface area contributed by atoms with E-state index < -0.39 is 0 Å². The number of benzene rings is 1. The molecule has 134 valence electrons. The summed E-state index contributed by atoms with van der Waals surface area (Å²) in [6.07, 6.45) is 3.34. The van der Waals surface area contributed by atoms with Gasteiger partial charge in [-0.3, -0.25) is 9.59 Å². The summed E-state index contributed by atoms with van der Waals surface area (Å²) in [7, 11) is 1.83. The molecule has 0 bridgehead atoms. The number of nitrogens with one attached hydrogen (secondary N) is 2. The smallest absolute Gasteiger partial charge is 0.254 e. The quantitative estimate of drug-likeness (QED) is 0.855. The Hall–Kier alpha value is -1.59. The lowest BCUT2D eigenvalue weighted by molar-refractivity contribution is -0.119. The molecule has 2 atom stereocenters. The van der Waals surface area contributed by atoms with Crippen LogP contribution in [0.2, 0.25) is 0 Å². The number of hydrogen-bond donors (Lipinski definition) is 2. The zero-order valence-electron chi connectivity index (χ0n) is 14.7. The van der Waals surface area contributed by atoms with Gasteiger partial charge < -0.3 is 15.5 Å². The van der Waals surface area contributed by atoms with Crippen molar-refractivity contribution >= 4 is 29.9 Å². The topological polar surface area (TPSA) is 61.4 Å². The lowest BCUT2D eigenvalue weighted by atomic mass is 10.0. The summed E-state index contributed by atoms with van der Waals surface area (Å²) in [6.45, 7) is 5.45. The molecule has 1 heterocycles. The molecule has 0 radical (unpaired) electrons. The van der Waals surface area contributed by atoms with E-state index in [0.717, 1.165) is 25.1 Å². The minimum absolute atomic E-state index is 0. The Morgan fingerprint density at radius 2 is 1.92 bits per heavy atom. The lowest BCUT2D eigenvalue weighted by Crippen LogP contribution is -2.42. The molecule has 0 saturated carbocycles. The molecular weight excluding hydrogens is 326 g/mol. The first-order valence-electron chi connectivity index (χ1n) is 8.39. The van der Waals surface area contributed by atoms with Crippen LogP contribution in [-0.2, 0) is 4.79 Å². The zero-order chi connectivity index (χ0) is 16.8. The number of likely N-dealkylation sites (tertiary alicyclic amines) is 1. The second-order valence-corrected chi connectivity index (χ2v) is 6.37. The summed E-state index contributed by atoms with van der Waals surface area (Å²) in [5.74, 6) is -0.0442. The van der Waals surface area contributed by atoms with Gasteiger partial charge in [-0.25, -0.2) is 0 Å². The van der Waals surface area contributed by atoms with Crippen molar-refractivity contribution < 1.29 is 9.59 Å². The Morgan fingerprint density at radius 3 is 2.50 bits per heavy atom. The number of piperidine rings is 1. The van der Waals surface area contributed by atoms with Crippen LogP contribution in [0.5, 0.6) is 0 Å². The van der Waals surface area contributed by atoms with Crippen LogP contribution >= 0.6 is 12.4 Å². The second-order valence-electron chi connectivity index (χ2n) is 6.37. The highest BCUT2D eigenvalue weighted by Gasteiger charge is 2.24. The molecule has 2 amide bonds. The summed E-state index contributed by atoms with van der Waals surface area (Å²) >= 11 is 0. The number of halogens is 1. The standard InChI is InChI=1S/C18H27N3O2.ClH/c1-13(12-19-3)17(22)20-16-9-7-15(8-10-16)18(23)21-11-5-4-6-14(21)2;/h7-10,13-14,19H,4-6,11-12H2,1-3H3,(H,20,22);1H. The fraction of sp³-hybridized carbons (Fsp3) is 0.556. The highest BCUT2D eigenvalue weighted by atomic mass is 35.5. The maximum Gasteiger partial charge on any atom is 0.254 e. The van der Waals surface area contributed by atoms with Crippen molar-refractivity contribution in [2.45, 2.75) is 39.2 Å². The third kappa shape index (κ3) is 5.21. The summed E-state index contributed by atoms with van der Waals surface area (Å²) in [5.41, 5.74) is 1.40. The van der Waals surface area contributed by atoms with Gasteiger partial charge in [0.1, 0.15) is 0 Å². The Labute approximate surface area is 150 Å². The van der Waals surface area contributed by atoms with E-state index in [-0.39, 0.29) is 30.1 Å². The van der Waals surface area contributed by atoms with Gasteiger partial charge in [0.25, 0.3) is 5.91 Å². The molecule has 1 saturated heterocycles. The molecule has 1 aromatic rings. The maximum absolute atomic E-state index is 12.6. The Morgan fingerprint density at radius 1 is 1.25 bits per heavy atom. The highest BCUT2D eigenvalue weighted by Crippen LogP contribution is 2.20. The molecule has 2 rings (SSSR count). The van der Waals surface area contributed by atoms with E-state index in [1.807, 2.05) is 18.9 Å². The monoisotopic (exact) mass is 353 g/mol. The number of hydrogen-bond acceptors (Lipinski definition) is 3. The van der Waals surface area contributed by atoms with Gasteiger partial charge in [0.05, 0.1) is 0 Å². The highest BCUT2D eigenvalue weighted by molar-refractivity contribution is 5.96. The molecule has 1 fully saturated rings. The number of carbonyl (C=O) groups excluding carboxylic acids is 2. The van der Waals surface area contributed by atoms with Crippen molar-refractivity contribution in [2.75, 3.05) is 25.5 Å². The van der Waals surface area contributed by atoms with Crippen LogP contribution in [0.15, 0.2) is 24.3 Å². The zero-order valence-corrected chi connectivity index (χ0v) is 15.5. The normalized spacial score (nSPS) is 18.5. The Kier molecular flexibility index (Phi) is 8.22. The van der Waals surface area contributed by atoms with E-state index in [0.29, 0.717) is 18.2 Å². The van der Waals surface area contributed by atoms with Crippen molar-refractivity contribution in [2.24, 2.45) is 5.92 Å². The summed E-state index contributed by atoms with van der Waals surface area (Å²) in [5, 5.41) is 5.86. The van der Waals surface area contributed by atoms with Crippen molar-refractivity contribution in [3.63, 3.8) is 0 Å². The summed E-state index contributed by atoms with van der Waals surface area (Å²) < 4.78 is 0. The number of amides is 2. The van der Waals surface area contributed by atoms with E-state index >= 15 is 0 Å². The van der Waals surface area contributed by atoms with E-state index in [1.54, 1.807) is 24.3 Å². The van der Waals surface area contributed by atoms with Crippen molar-refractivity contribution in [1.29, 1.82) is 0 Å². The number of anilines is 1. The van der Waals surface area contributed by atoms with Crippen LogP contribution in [0.4, 0.5) is 5.69 Å². The van der Waals surface area contributed by atoms with Crippen LogP contribution in [-0.4, -0.2) is 42.9 Å². The first-order chi connectivity index (χ1) is 11.0. The molecule has 0 aliphatic carbocycles. The average Bonchev–Trinajstić information content (AvgIpc) is 2.55. The molecule has 1 aromatic carbocycles. The number of rotatable bonds is 5. The first kappa shape index (κ1) is 20.5. The summed E-state index contributed by atoms with van der Waals surface area (Å²) in [4.78, 5) is 26.5. The Balaban J connectivity index is 0.00000288. The van der Waals surface area contributed by atoms with Crippen molar-refractivity contribution in [3.8, 4) is 0 Å². The van der Waals surface area contributed by atoms with Crippen LogP contribution in [0.25, 0.3) is 0 Å². The van der Waals surface area contributed by atoms with E-state index in [4.69, 9.17) is 0 Å². The van der Waals surface area contributed by atoms with Crippen LogP contribution in [0.1, 0.15) is 43.5 Å². The van der Waals surface area contributed by atoms with Gasteiger partial charge in [-0.05, 0) is 57.5 Å². The van der Waals surface area contributed by atoms with E-state index in [2.05, 4.69) is 17.6 Å². The van der Waals surface area contributed by atoms with Crippen LogP contribution < -0.4 is 10.6 Å². The number of carbonyl (C=O) groups is 2. The van der Waals surface area contributed by atoms with Gasteiger partial charge in [0, 0.05) is 36.3 Å². The van der Waals surface area contributed by atoms with Gasteiger partial charge in [0.15, 0.2) is 0 Å². The molecule has 6 heteroatoms. The minimum atomic E-state index is -0.101. The third-order valence-electron chi connectivity index (χ3n) is 4.42. The van der Waals surface area contributed by atoms with Gasteiger partial charge in [-0.1, -0.05) is 6.92 Å². The molecule has 0 aromatic heterocycles. The molecular formula is C18H28ClN3O2. The van der Waals surface area contributed by atoms with Crippen LogP contribution in [0.3, 0.4) is 0 Å². The Bertz CT molecular complexity index is 548. The van der Waals surface area contributed by atoms with Gasteiger partial charge in [-0.2, -0.15) is 0 Å². The van der Waals surface area contributed by atoms with Gasteiger partial charge in [-0.15, -0.1) is 12.4 Å². The SMILES string of the molecule is CNCC(C)C(=O)Nc1ccc(C(=O)N2CCCCC2C)cc1.Cl. The fourth-order valence-corrected chi connectivity index (χ4v) is 2.93. The first-order valence-corrected chi connectivity index (χ1v) is 8.39. The average molecular weight is 354 g/mol. The molecule has 1 aliphatic rings. The summed E-state index contributed by atoms with van der Waals surface area (Å²) in [6, 6.07) is 7.49. The molecule has 0 spiro atoms. The second kappa shape index (κ2) is 9.64. The lowest BCUT2D eigenvalue weighted by Gasteiger charge is -2.33. The molecule has 1 aliphatic heterocycles. The van der Waals surface area contributed by atoms with E-state index in [9.17, 15) is 9.59 Å². The third-order valence-corrected chi connectivity index (χ3v) is 4.42. The molecule has 2 N–H and O–H groups in total. The van der Waals surface area contributed by atoms with Gasteiger partial charge >= 0.3 is 0 Å². The minimum Gasteiger partial charge on any atom is -0.336 e. The molecule has 24 heavy (non-hydrogen) atoms. The fourth-order valence-electron chi connectivity index (χ4n) is 2.93. The van der Waals surface area contributed by atoms with Gasteiger partial charge in [0.2, 0.25) is 5.91 Å². The maximum atomic E-state index is 12.6. The van der Waals surface area contributed by atoms with E-state index in [1.165, 1.54) is 6.42 Å². The van der Waals surface area contributed by atoms with Crippen molar-refractivity contribution in [1.82, 2.24) is 10.2 Å². The molecule has 2 unspecified atom stereocenters.